The summed E-state index contributed by atoms with van der Waals surface area (Å²) in [5.41, 5.74) is 1.31. The number of carbonyl (C=O) groups is 1. The largest absolute Gasteiger partial charge is 0.353 e. The lowest BCUT2D eigenvalue weighted by molar-refractivity contribution is -0.382. The van der Waals surface area contributed by atoms with Crippen molar-refractivity contribution in [2.24, 2.45) is 0 Å². The van der Waals surface area contributed by atoms with Crippen LogP contribution in [0.5, 0.6) is 0 Å². The Balaban J connectivity index is 1.39. The van der Waals surface area contributed by atoms with Gasteiger partial charge in [0, 0.05) is 25.7 Å². The normalized spacial score (nSPS) is 15.7. The average molecular weight is 392 g/mol. The monoisotopic (exact) mass is 391 g/mol. The maximum Gasteiger partial charge on any atom is 0.337 e. The number of hydrogen-bond acceptors (Lipinski definition) is 6. The van der Waals surface area contributed by atoms with Gasteiger partial charge in [-0.05, 0) is 29.9 Å². The van der Waals surface area contributed by atoms with Crippen LogP contribution in [0.2, 0.25) is 0 Å². The molecule has 0 unspecified atom stereocenters. The lowest BCUT2D eigenvalue weighted by Gasteiger charge is -2.32. The quantitative estimate of drug-likeness (QED) is 0.444. The van der Waals surface area contributed by atoms with Gasteiger partial charge in [-0.2, -0.15) is 0 Å². The third kappa shape index (κ3) is 5.30. The number of nitrogens with zero attached hydrogens (tertiary/aromatic N) is 2. The van der Waals surface area contributed by atoms with Crippen LogP contribution in [-0.4, -0.2) is 40.6 Å². The molecule has 8 heteroatoms. The number of thiophene rings is 1. The Labute approximate surface area is 160 Å². The third-order valence-electron chi connectivity index (χ3n) is 4.34. The number of piperidine rings is 1. The van der Waals surface area contributed by atoms with E-state index in [1.807, 2.05) is 6.07 Å². The number of carbonyl (C=O) groups excluding carboxylic acids is 1. The molecule has 1 amide bonds. The van der Waals surface area contributed by atoms with Gasteiger partial charge < -0.3 is 5.32 Å². The molecule has 0 spiro atoms. The Morgan fingerprint density at radius 1 is 1.27 bits per heavy atom. The zero-order valence-electron chi connectivity index (χ0n) is 14.3. The zero-order valence-corrected chi connectivity index (χ0v) is 15.9. The maximum atomic E-state index is 12.1. The summed E-state index contributed by atoms with van der Waals surface area (Å²) in [4.78, 5) is 25.6. The molecule has 1 fully saturated rings. The van der Waals surface area contributed by atoms with Crippen molar-refractivity contribution in [2.45, 2.75) is 30.3 Å². The molecule has 3 rings (SSSR count). The summed E-state index contributed by atoms with van der Waals surface area (Å²) >= 11 is 2.32. The molecule has 2 aromatic rings. The summed E-state index contributed by atoms with van der Waals surface area (Å²) in [5, 5.41) is 15.8. The number of nitrogens with one attached hydrogen (secondary N) is 1. The zero-order chi connectivity index (χ0) is 18.4. The van der Waals surface area contributed by atoms with Gasteiger partial charge in [-0.1, -0.05) is 41.7 Å². The molecule has 0 atom stereocenters. The smallest absolute Gasteiger partial charge is 0.337 e. The molecule has 0 bridgehead atoms. The Bertz CT molecular complexity index is 743. The maximum absolute atomic E-state index is 12.1. The molecular formula is C18H21N3O3S2. The fourth-order valence-corrected chi connectivity index (χ4v) is 4.76. The molecule has 1 N–H and O–H groups in total. The van der Waals surface area contributed by atoms with Crippen molar-refractivity contribution < 1.29 is 9.72 Å². The Morgan fingerprint density at radius 3 is 2.69 bits per heavy atom. The van der Waals surface area contributed by atoms with E-state index in [4.69, 9.17) is 0 Å². The van der Waals surface area contributed by atoms with E-state index in [9.17, 15) is 14.9 Å². The van der Waals surface area contributed by atoms with E-state index in [1.165, 1.54) is 17.3 Å². The van der Waals surface area contributed by atoms with Crippen LogP contribution in [0.25, 0.3) is 0 Å². The van der Waals surface area contributed by atoms with Crippen molar-refractivity contribution in [1.29, 1.82) is 0 Å². The predicted octanol–water partition coefficient (Wildman–Crippen LogP) is 3.53. The average Bonchev–Trinajstić information content (AvgIpc) is 3.11. The number of amides is 1. The topological polar surface area (TPSA) is 75.5 Å². The standard InChI is InChI=1S/C18H21N3O3S2/c22-17(13-26-16-8-11-25-18(16)21(23)24)19-15-6-9-20(10-7-15)12-14-4-2-1-3-5-14/h1-5,8,11,15H,6-7,9-10,12-13H2,(H,19,22). The minimum absolute atomic E-state index is 0.0583. The molecule has 26 heavy (non-hydrogen) atoms. The number of likely N-dealkylation sites (tertiary alicyclic amines) is 1. The van der Waals surface area contributed by atoms with Crippen molar-refractivity contribution in [3.63, 3.8) is 0 Å². The third-order valence-corrected chi connectivity index (χ3v) is 6.38. The summed E-state index contributed by atoms with van der Waals surface area (Å²) in [6.45, 7) is 2.87. The highest BCUT2D eigenvalue weighted by atomic mass is 32.2. The van der Waals surface area contributed by atoms with Crippen LogP contribution in [-0.2, 0) is 11.3 Å². The van der Waals surface area contributed by atoms with Gasteiger partial charge in [-0.15, -0.1) is 11.8 Å². The van der Waals surface area contributed by atoms with Gasteiger partial charge in [0.05, 0.1) is 15.6 Å². The summed E-state index contributed by atoms with van der Waals surface area (Å²) in [5.74, 6) is 0.152. The van der Waals surface area contributed by atoms with Crippen LogP contribution in [0.15, 0.2) is 46.7 Å². The SMILES string of the molecule is O=C(CSc1ccsc1[N+](=O)[O-])NC1CCN(Cc2ccccc2)CC1. The molecule has 0 radical (unpaired) electrons. The van der Waals surface area contributed by atoms with E-state index in [0.717, 1.165) is 43.8 Å². The first-order valence-corrected chi connectivity index (χ1v) is 10.4. The minimum atomic E-state index is -0.395. The van der Waals surface area contributed by atoms with Gasteiger partial charge in [0.15, 0.2) is 0 Å². The molecule has 0 saturated carbocycles. The van der Waals surface area contributed by atoms with Crippen LogP contribution < -0.4 is 5.32 Å². The number of hydrogen-bond donors (Lipinski definition) is 1. The summed E-state index contributed by atoms with van der Waals surface area (Å²) < 4.78 is 0. The lowest BCUT2D eigenvalue weighted by atomic mass is 10.0. The molecule has 2 heterocycles. The first kappa shape index (κ1) is 18.9. The summed E-state index contributed by atoms with van der Waals surface area (Å²) in [6.07, 6.45) is 1.86. The molecule has 1 aromatic carbocycles. The molecule has 1 aliphatic rings. The van der Waals surface area contributed by atoms with Crippen LogP contribution in [0, 0.1) is 10.1 Å². The van der Waals surface area contributed by atoms with E-state index >= 15 is 0 Å². The molecule has 1 aliphatic heterocycles. The van der Waals surface area contributed by atoms with Gasteiger partial charge in [-0.25, -0.2) is 0 Å². The second kappa shape index (κ2) is 9.16. The van der Waals surface area contributed by atoms with Gasteiger partial charge in [0.1, 0.15) is 0 Å². The first-order valence-electron chi connectivity index (χ1n) is 8.52. The highest BCUT2D eigenvalue weighted by Gasteiger charge is 2.22. The molecule has 1 saturated heterocycles. The fourth-order valence-electron chi connectivity index (χ4n) is 3.02. The van der Waals surface area contributed by atoms with Gasteiger partial charge in [0.25, 0.3) is 0 Å². The number of rotatable bonds is 7. The van der Waals surface area contributed by atoms with Crippen molar-refractivity contribution in [1.82, 2.24) is 10.2 Å². The second-order valence-corrected chi connectivity index (χ2v) is 8.15. The van der Waals surface area contributed by atoms with Crippen molar-refractivity contribution >= 4 is 34.0 Å². The van der Waals surface area contributed by atoms with Crippen molar-refractivity contribution in [3.8, 4) is 0 Å². The Hall–Kier alpha value is -1.90. The summed E-state index contributed by atoms with van der Waals surface area (Å²) in [7, 11) is 0. The first-order chi connectivity index (χ1) is 12.6. The van der Waals surface area contributed by atoms with Crippen LogP contribution in [0.1, 0.15) is 18.4 Å². The van der Waals surface area contributed by atoms with Crippen molar-refractivity contribution in [3.05, 3.63) is 57.5 Å². The van der Waals surface area contributed by atoms with E-state index in [2.05, 4.69) is 34.5 Å². The van der Waals surface area contributed by atoms with Gasteiger partial charge in [-0.3, -0.25) is 19.8 Å². The highest BCUT2D eigenvalue weighted by Crippen LogP contribution is 2.34. The molecule has 0 aliphatic carbocycles. The van der Waals surface area contributed by atoms with Gasteiger partial charge >= 0.3 is 5.00 Å². The highest BCUT2D eigenvalue weighted by molar-refractivity contribution is 8.00. The minimum Gasteiger partial charge on any atom is -0.353 e. The fraction of sp³-hybridized carbons (Fsp3) is 0.389. The van der Waals surface area contributed by atoms with E-state index < -0.39 is 4.92 Å². The summed E-state index contributed by atoms with van der Waals surface area (Å²) in [6, 6.07) is 12.3. The van der Waals surface area contributed by atoms with E-state index in [0.29, 0.717) is 4.90 Å². The molecule has 6 nitrogen and oxygen atoms in total. The van der Waals surface area contributed by atoms with E-state index in [1.54, 1.807) is 11.4 Å². The van der Waals surface area contributed by atoms with Crippen LogP contribution in [0.4, 0.5) is 5.00 Å². The van der Waals surface area contributed by atoms with Gasteiger partial charge in [0.2, 0.25) is 5.91 Å². The Morgan fingerprint density at radius 2 is 2.00 bits per heavy atom. The van der Waals surface area contributed by atoms with E-state index in [-0.39, 0.29) is 22.7 Å². The molecular weight excluding hydrogens is 370 g/mol. The number of benzene rings is 1. The van der Waals surface area contributed by atoms with Crippen molar-refractivity contribution in [2.75, 3.05) is 18.8 Å². The second-order valence-electron chi connectivity index (χ2n) is 6.24. The lowest BCUT2D eigenvalue weighted by Crippen LogP contribution is -2.44. The molecule has 138 valence electrons. The van der Waals surface area contributed by atoms with Crippen LogP contribution in [0.3, 0.4) is 0 Å². The Kier molecular flexibility index (Phi) is 6.65. The number of thioether (sulfide) groups is 1. The predicted molar refractivity (Wildman–Crippen MR) is 105 cm³/mol. The molecule has 1 aromatic heterocycles. The van der Waals surface area contributed by atoms with Crippen LogP contribution >= 0.6 is 23.1 Å². The number of nitro groups is 1.